The zero-order valence-electron chi connectivity index (χ0n) is 14.7. The lowest BCUT2D eigenvalue weighted by Crippen LogP contribution is -2.55. The number of benzene rings is 1. The molecular weight excluding hydrogens is 288 g/mol. The van der Waals surface area contributed by atoms with Crippen molar-refractivity contribution in [3.05, 3.63) is 35.4 Å². The van der Waals surface area contributed by atoms with E-state index in [-0.39, 0.29) is 18.2 Å². The summed E-state index contributed by atoms with van der Waals surface area (Å²) in [5.74, 6) is 5.45. The molecule has 0 aromatic heterocycles. The fourth-order valence-corrected chi connectivity index (χ4v) is 2.00. The molecular formula is C19H26N2O2. The van der Waals surface area contributed by atoms with Gasteiger partial charge in [-0.15, -0.1) is 11.8 Å². The van der Waals surface area contributed by atoms with Crippen LogP contribution in [0.4, 0.5) is 0 Å². The number of hydrazine groups is 1. The predicted molar refractivity (Wildman–Crippen MR) is 92.5 cm³/mol. The highest BCUT2D eigenvalue weighted by Crippen LogP contribution is 2.16. The summed E-state index contributed by atoms with van der Waals surface area (Å²) in [4.78, 5) is 24.8. The number of aryl methyl sites for hydroxylation is 1. The molecule has 0 bridgehead atoms. The van der Waals surface area contributed by atoms with E-state index in [2.05, 4.69) is 17.3 Å². The van der Waals surface area contributed by atoms with Gasteiger partial charge in [0.15, 0.2) is 0 Å². The minimum absolute atomic E-state index is 0.202. The Morgan fingerprint density at radius 3 is 2.48 bits per heavy atom. The van der Waals surface area contributed by atoms with Crippen molar-refractivity contribution in [1.82, 2.24) is 10.4 Å². The summed E-state index contributed by atoms with van der Waals surface area (Å²) in [5.41, 5.74) is 3.77. The SMILES string of the molecule is CCC#CCCC(=O)NN(C(=O)c1cccc(C)c1)C(C)(C)C. The van der Waals surface area contributed by atoms with Crippen LogP contribution < -0.4 is 5.43 Å². The molecule has 1 aromatic carbocycles. The van der Waals surface area contributed by atoms with E-state index in [1.165, 1.54) is 5.01 Å². The number of hydrogen-bond acceptors (Lipinski definition) is 2. The summed E-state index contributed by atoms with van der Waals surface area (Å²) < 4.78 is 0. The second-order valence-electron chi connectivity index (χ2n) is 6.42. The Morgan fingerprint density at radius 2 is 1.91 bits per heavy atom. The van der Waals surface area contributed by atoms with Crippen LogP contribution >= 0.6 is 0 Å². The van der Waals surface area contributed by atoms with E-state index in [1.807, 2.05) is 52.8 Å². The topological polar surface area (TPSA) is 49.4 Å². The Bertz CT molecular complexity index is 618. The van der Waals surface area contributed by atoms with Crippen molar-refractivity contribution < 1.29 is 9.59 Å². The highest BCUT2D eigenvalue weighted by Gasteiger charge is 2.29. The third-order valence-electron chi connectivity index (χ3n) is 3.15. The van der Waals surface area contributed by atoms with Gasteiger partial charge in [-0.25, -0.2) is 5.01 Å². The summed E-state index contributed by atoms with van der Waals surface area (Å²) in [5, 5.41) is 1.40. The van der Waals surface area contributed by atoms with Crippen LogP contribution in [-0.2, 0) is 4.79 Å². The van der Waals surface area contributed by atoms with Gasteiger partial charge in [0, 0.05) is 24.8 Å². The van der Waals surface area contributed by atoms with Crippen molar-refractivity contribution in [2.24, 2.45) is 0 Å². The van der Waals surface area contributed by atoms with Gasteiger partial charge < -0.3 is 0 Å². The Hall–Kier alpha value is -2.28. The van der Waals surface area contributed by atoms with E-state index >= 15 is 0 Å². The van der Waals surface area contributed by atoms with E-state index < -0.39 is 5.54 Å². The first-order valence-corrected chi connectivity index (χ1v) is 7.92. The van der Waals surface area contributed by atoms with Crippen LogP contribution in [-0.4, -0.2) is 22.4 Å². The third kappa shape index (κ3) is 6.15. The van der Waals surface area contributed by atoms with Crippen molar-refractivity contribution in [3.63, 3.8) is 0 Å². The summed E-state index contributed by atoms with van der Waals surface area (Å²) in [6.45, 7) is 9.56. The lowest BCUT2D eigenvalue weighted by atomic mass is 10.1. The van der Waals surface area contributed by atoms with Gasteiger partial charge >= 0.3 is 0 Å². The van der Waals surface area contributed by atoms with E-state index in [4.69, 9.17) is 0 Å². The molecule has 1 rings (SSSR count). The number of hydrogen-bond donors (Lipinski definition) is 1. The Kier molecular flexibility index (Phi) is 6.84. The highest BCUT2D eigenvalue weighted by molar-refractivity contribution is 5.96. The molecule has 0 aliphatic carbocycles. The summed E-state index contributed by atoms with van der Waals surface area (Å²) >= 11 is 0. The largest absolute Gasteiger partial charge is 0.273 e. The minimum Gasteiger partial charge on any atom is -0.273 e. The maximum atomic E-state index is 12.7. The first kappa shape index (κ1) is 18.8. The van der Waals surface area contributed by atoms with Crippen LogP contribution in [0.25, 0.3) is 0 Å². The molecule has 0 heterocycles. The molecule has 0 spiro atoms. The van der Waals surface area contributed by atoms with E-state index in [9.17, 15) is 9.59 Å². The molecule has 1 N–H and O–H groups in total. The second-order valence-corrected chi connectivity index (χ2v) is 6.42. The highest BCUT2D eigenvalue weighted by atomic mass is 16.2. The Balaban J connectivity index is 2.85. The lowest BCUT2D eigenvalue weighted by Gasteiger charge is -2.35. The molecule has 0 aliphatic heterocycles. The number of amides is 2. The average molecular weight is 314 g/mol. The zero-order chi connectivity index (χ0) is 17.5. The maximum Gasteiger partial charge on any atom is 0.272 e. The van der Waals surface area contributed by atoms with Gasteiger partial charge in [-0.3, -0.25) is 15.0 Å². The van der Waals surface area contributed by atoms with Crippen LogP contribution in [0.5, 0.6) is 0 Å². The van der Waals surface area contributed by atoms with E-state index in [0.717, 1.165) is 12.0 Å². The maximum absolute atomic E-state index is 12.7. The van der Waals surface area contributed by atoms with Gasteiger partial charge in [-0.2, -0.15) is 0 Å². The van der Waals surface area contributed by atoms with Crippen LogP contribution in [0.2, 0.25) is 0 Å². The molecule has 23 heavy (non-hydrogen) atoms. The van der Waals surface area contributed by atoms with Gasteiger partial charge in [-0.1, -0.05) is 24.6 Å². The molecule has 4 heteroatoms. The van der Waals surface area contributed by atoms with Crippen molar-refractivity contribution in [3.8, 4) is 11.8 Å². The molecule has 124 valence electrons. The van der Waals surface area contributed by atoms with Crippen molar-refractivity contribution >= 4 is 11.8 Å². The van der Waals surface area contributed by atoms with Gasteiger partial charge in [0.25, 0.3) is 5.91 Å². The number of nitrogens with zero attached hydrogens (tertiary/aromatic N) is 1. The monoisotopic (exact) mass is 314 g/mol. The lowest BCUT2D eigenvalue weighted by molar-refractivity contribution is -0.126. The zero-order valence-corrected chi connectivity index (χ0v) is 14.7. The first-order chi connectivity index (χ1) is 10.8. The normalized spacial score (nSPS) is 10.5. The minimum atomic E-state index is -0.522. The number of carbonyl (C=O) groups excluding carboxylic acids is 2. The molecule has 0 saturated heterocycles. The van der Waals surface area contributed by atoms with Crippen molar-refractivity contribution in [1.29, 1.82) is 0 Å². The third-order valence-corrected chi connectivity index (χ3v) is 3.15. The second kappa shape index (κ2) is 8.38. The quantitative estimate of drug-likeness (QED) is 0.686. The fraction of sp³-hybridized carbons (Fsp3) is 0.474. The van der Waals surface area contributed by atoms with Crippen LogP contribution in [0.3, 0.4) is 0 Å². The molecule has 2 amide bonds. The van der Waals surface area contributed by atoms with Gasteiger partial charge in [0.1, 0.15) is 0 Å². The van der Waals surface area contributed by atoms with Crippen molar-refractivity contribution in [2.75, 3.05) is 0 Å². The summed E-state index contributed by atoms with van der Waals surface area (Å²) in [6, 6.07) is 7.35. The molecule has 4 nitrogen and oxygen atoms in total. The Labute approximate surface area is 139 Å². The standard InChI is InChI=1S/C19H26N2O2/c1-6-7-8-9-13-17(22)20-21(19(3,4)5)18(23)16-12-10-11-15(2)14-16/h10-12,14H,6,9,13H2,1-5H3,(H,20,22). The van der Waals surface area contributed by atoms with Crippen molar-refractivity contribution in [2.45, 2.75) is 59.4 Å². The van der Waals surface area contributed by atoms with Gasteiger partial charge in [-0.05, 0) is 39.8 Å². The molecule has 0 fully saturated rings. The Morgan fingerprint density at radius 1 is 1.22 bits per heavy atom. The van der Waals surface area contributed by atoms with Gasteiger partial charge in [0.2, 0.25) is 5.91 Å². The predicted octanol–water partition coefficient (Wildman–Crippen LogP) is 3.46. The summed E-state index contributed by atoms with van der Waals surface area (Å²) in [7, 11) is 0. The molecule has 0 saturated carbocycles. The molecule has 0 radical (unpaired) electrons. The number of carbonyl (C=O) groups is 2. The molecule has 1 aromatic rings. The van der Waals surface area contributed by atoms with Crippen LogP contribution in [0, 0.1) is 18.8 Å². The first-order valence-electron chi connectivity index (χ1n) is 7.92. The van der Waals surface area contributed by atoms with E-state index in [1.54, 1.807) is 6.07 Å². The van der Waals surface area contributed by atoms with E-state index in [0.29, 0.717) is 12.0 Å². The average Bonchev–Trinajstić information content (AvgIpc) is 2.47. The number of nitrogens with one attached hydrogen (secondary N) is 1. The molecule has 0 aliphatic rings. The number of rotatable bonds is 3. The van der Waals surface area contributed by atoms with Gasteiger partial charge in [0.05, 0.1) is 5.54 Å². The molecule has 0 unspecified atom stereocenters. The van der Waals surface area contributed by atoms with Crippen LogP contribution in [0.15, 0.2) is 24.3 Å². The fourth-order valence-electron chi connectivity index (χ4n) is 2.00. The smallest absolute Gasteiger partial charge is 0.272 e. The van der Waals surface area contributed by atoms with Crippen LogP contribution in [0.1, 0.15) is 62.9 Å². The molecule has 0 atom stereocenters. The summed E-state index contributed by atoms with van der Waals surface area (Å²) in [6.07, 6.45) is 1.55.